The van der Waals surface area contributed by atoms with Gasteiger partial charge in [0.25, 0.3) is 5.91 Å². The lowest BCUT2D eigenvalue weighted by atomic mass is 10.00. The van der Waals surface area contributed by atoms with Gasteiger partial charge in [0.05, 0.1) is 0 Å². The molecular formula is C16H23N3O. The highest BCUT2D eigenvalue weighted by atomic mass is 16.1. The average molecular weight is 273 g/mol. The summed E-state index contributed by atoms with van der Waals surface area (Å²) in [6.07, 6.45) is 5.10. The van der Waals surface area contributed by atoms with E-state index in [1.807, 2.05) is 30.3 Å². The van der Waals surface area contributed by atoms with Gasteiger partial charge in [0, 0.05) is 36.8 Å². The predicted octanol–water partition coefficient (Wildman–Crippen LogP) is 1.29. The summed E-state index contributed by atoms with van der Waals surface area (Å²) >= 11 is 0. The second kappa shape index (κ2) is 6.37. The molecule has 2 aliphatic heterocycles. The van der Waals surface area contributed by atoms with Crippen LogP contribution in [0.1, 0.15) is 36.0 Å². The number of fused-ring (bicyclic) bond motifs is 2. The summed E-state index contributed by atoms with van der Waals surface area (Å²) < 4.78 is 0. The lowest BCUT2D eigenvalue weighted by Gasteiger charge is -2.29. The highest BCUT2D eigenvalue weighted by molar-refractivity contribution is 5.94. The SMILES string of the molecule is O=C(NCCNC1CC2CCC(C1)N2)c1ccccc1. The van der Waals surface area contributed by atoms with E-state index in [1.54, 1.807) is 0 Å². The van der Waals surface area contributed by atoms with Gasteiger partial charge < -0.3 is 16.0 Å². The van der Waals surface area contributed by atoms with Gasteiger partial charge in [-0.3, -0.25) is 4.79 Å². The van der Waals surface area contributed by atoms with Crippen molar-refractivity contribution in [3.05, 3.63) is 35.9 Å². The van der Waals surface area contributed by atoms with Crippen LogP contribution in [0, 0.1) is 0 Å². The summed E-state index contributed by atoms with van der Waals surface area (Å²) in [5.41, 5.74) is 0.729. The monoisotopic (exact) mass is 273 g/mol. The Labute approximate surface area is 120 Å². The fraction of sp³-hybridized carbons (Fsp3) is 0.562. The summed E-state index contributed by atoms with van der Waals surface area (Å²) in [5, 5.41) is 10.2. The number of nitrogens with one attached hydrogen (secondary N) is 3. The Morgan fingerprint density at radius 3 is 2.50 bits per heavy atom. The molecule has 0 aliphatic carbocycles. The molecule has 2 heterocycles. The van der Waals surface area contributed by atoms with Gasteiger partial charge in [-0.15, -0.1) is 0 Å². The van der Waals surface area contributed by atoms with E-state index in [1.165, 1.54) is 25.7 Å². The molecular weight excluding hydrogens is 250 g/mol. The van der Waals surface area contributed by atoms with E-state index >= 15 is 0 Å². The first-order chi connectivity index (χ1) is 9.81. The van der Waals surface area contributed by atoms with Crippen LogP contribution < -0.4 is 16.0 Å². The van der Waals surface area contributed by atoms with Crippen molar-refractivity contribution in [3.8, 4) is 0 Å². The second-order valence-electron chi connectivity index (χ2n) is 5.88. The first-order valence-corrected chi connectivity index (χ1v) is 7.64. The maximum Gasteiger partial charge on any atom is 0.251 e. The molecule has 0 aromatic heterocycles. The zero-order valence-electron chi connectivity index (χ0n) is 11.8. The molecule has 2 aliphatic rings. The molecule has 0 spiro atoms. The van der Waals surface area contributed by atoms with E-state index in [2.05, 4.69) is 16.0 Å². The van der Waals surface area contributed by atoms with Crippen molar-refractivity contribution in [2.45, 2.75) is 43.8 Å². The van der Waals surface area contributed by atoms with Gasteiger partial charge in [0.2, 0.25) is 0 Å². The van der Waals surface area contributed by atoms with Gasteiger partial charge in [0.15, 0.2) is 0 Å². The predicted molar refractivity (Wildman–Crippen MR) is 79.7 cm³/mol. The molecule has 3 rings (SSSR count). The molecule has 2 unspecified atom stereocenters. The molecule has 3 N–H and O–H groups in total. The first-order valence-electron chi connectivity index (χ1n) is 7.64. The highest BCUT2D eigenvalue weighted by Gasteiger charge is 2.32. The van der Waals surface area contributed by atoms with Crippen molar-refractivity contribution in [2.24, 2.45) is 0 Å². The lowest BCUT2D eigenvalue weighted by Crippen LogP contribution is -2.47. The summed E-state index contributed by atoms with van der Waals surface area (Å²) in [4.78, 5) is 11.9. The van der Waals surface area contributed by atoms with Gasteiger partial charge >= 0.3 is 0 Å². The van der Waals surface area contributed by atoms with Gasteiger partial charge in [-0.25, -0.2) is 0 Å². The molecule has 4 nitrogen and oxygen atoms in total. The zero-order chi connectivity index (χ0) is 13.8. The number of amides is 1. The lowest BCUT2D eigenvalue weighted by molar-refractivity contribution is 0.0953. The Kier molecular flexibility index (Phi) is 4.33. The third-order valence-corrected chi connectivity index (χ3v) is 4.35. The van der Waals surface area contributed by atoms with Gasteiger partial charge in [-0.05, 0) is 37.8 Å². The van der Waals surface area contributed by atoms with Crippen LogP contribution in [0.2, 0.25) is 0 Å². The highest BCUT2D eigenvalue weighted by Crippen LogP contribution is 2.26. The number of rotatable bonds is 5. The van der Waals surface area contributed by atoms with Crippen molar-refractivity contribution in [1.29, 1.82) is 0 Å². The van der Waals surface area contributed by atoms with Gasteiger partial charge in [-0.2, -0.15) is 0 Å². The van der Waals surface area contributed by atoms with Gasteiger partial charge in [0.1, 0.15) is 0 Å². The van der Waals surface area contributed by atoms with Crippen LogP contribution in [-0.2, 0) is 0 Å². The van der Waals surface area contributed by atoms with E-state index in [0.29, 0.717) is 24.7 Å². The molecule has 2 atom stereocenters. The van der Waals surface area contributed by atoms with E-state index in [4.69, 9.17) is 0 Å². The van der Waals surface area contributed by atoms with Crippen LogP contribution in [0.25, 0.3) is 0 Å². The summed E-state index contributed by atoms with van der Waals surface area (Å²) in [7, 11) is 0. The molecule has 2 saturated heterocycles. The quantitative estimate of drug-likeness (QED) is 0.709. The Morgan fingerprint density at radius 2 is 1.80 bits per heavy atom. The molecule has 1 amide bonds. The molecule has 1 aromatic carbocycles. The number of carbonyl (C=O) groups is 1. The Balaban J connectivity index is 1.35. The fourth-order valence-corrected chi connectivity index (χ4v) is 3.37. The third kappa shape index (κ3) is 3.38. The van der Waals surface area contributed by atoms with Crippen LogP contribution in [0.4, 0.5) is 0 Å². The molecule has 20 heavy (non-hydrogen) atoms. The van der Waals surface area contributed by atoms with Crippen molar-refractivity contribution >= 4 is 5.91 Å². The second-order valence-corrected chi connectivity index (χ2v) is 5.88. The summed E-state index contributed by atoms with van der Waals surface area (Å²) in [5.74, 6) is 0.0118. The number of benzene rings is 1. The fourth-order valence-electron chi connectivity index (χ4n) is 3.37. The van der Waals surface area contributed by atoms with E-state index in [-0.39, 0.29) is 5.91 Å². The maximum absolute atomic E-state index is 11.9. The van der Waals surface area contributed by atoms with Crippen molar-refractivity contribution < 1.29 is 4.79 Å². The summed E-state index contributed by atoms with van der Waals surface area (Å²) in [6.45, 7) is 1.54. The number of hydrogen-bond acceptors (Lipinski definition) is 3. The largest absolute Gasteiger partial charge is 0.351 e. The third-order valence-electron chi connectivity index (χ3n) is 4.35. The van der Waals surface area contributed by atoms with Crippen LogP contribution in [0.3, 0.4) is 0 Å². The zero-order valence-corrected chi connectivity index (χ0v) is 11.8. The molecule has 0 radical (unpaired) electrons. The standard InChI is InChI=1S/C16H23N3O/c20-16(12-4-2-1-3-5-12)18-9-8-17-15-10-13-6-7-14(11-15)19-13/h1-5,13-15,17,19H,6-11H2,(H,18,20). The minimum atomic E-state index is 0.0118. The molecule has 108 valence electrons. The first kappa shape index (κ1) is 13.6. The Bertz CT molecular complexity index is 436. The van der Waals surface area contributed by atoms with Crippen molar-refractivity contribution in [2.75, 3.05) is 13.1 Å². The molecule has 0 saturated carbocycles. The minimum absolute atomic E-state index is 0.0118. The number of hydrogen-bond donors (Lipinski definition) is 3. The van der Waals surface area contributed by atoms with E-state index < -0.39 is 0 Å². The molecule has 4 heteroatoms. The number of piperidine rings is 1. The molecule has 2 fully saturated rings. The molecule has 1 aromatic rings. The smallest absolute Gasteiger partial charge is 0.251 e. The number of carbonyl (C=O) groups excluding carboxylic acids is 1. The van der Waals surface area contributed by atoms with Crippen LogP contribution in [0.5, 0.6) is 0 Å². The average Bonchev–Trinajstić information content (AvgIpc) is 2.83. The Morgan fingerprint density at radius 1 is 1.10 bits per heavy atom. The van der Waals surface area contributed by atoms with E-state index in [9.17, 15) is 4.79 Å². The topological polar surface area (TPSA) is 53.2 Å². The van der Waals surface area contributed by atoms with Gasteiger partial charge in [-0.1, -0.05) is 18.2 Å². The molecule has 2 bridgehead atoms. The Hall–Kier alpha value is -1.39. The van der Waals surface area contributed by atoms with Crippen LogP contribution in [0.15, 0.2) is 30.3 Å². The summed E-state index contributed by atoms with van der Waals surface area (Å²) in [6, 6.07) is 11.4. The van der Waals surface area contributed by atoms with Crippen LogP contribution in [-0.4, -0.2) is 37.1 Å². The van der Waals surface area contributed by atoms with E-state index in [0.717, 1.165) is 12.1 Å². The normalized spacial score (nSPS) is 28.3. The van der Waals surface area contributed by atoms with Crippen molar-refractivity contribution in [1.82, 2.24) is 16.0 Å². The van der Waals surface area contributed by atoms with Crippen LogP contribution >= 0.6 is 0 Å². The maximum atomic E-state index is 11.9. The minimum Gasteiger partial charge on any atom is -0.351 e. The van der Waals surface area contributed by atoms with Crippen molar-refractivity contribution in [3.63, 3.8) is 0 Å².